The SMILES string of the molecule is CCCCC(CC)C(O)c1cc(Cl)c(Br)s1. The van der Waals surface area contributed by atoms with Crippen molar-refractivity contribution in [2.24, 2.45) is 5.92 Å². The van der Waals surface area contributed by atoms with Gasteiger partial charge in [0.1, 0.15) is 0 Å². The molecule has 0 spiro atoms. The Hall–Kier alpha value is 0.430. The van der Waals surface area contributed by atoms with Crippen LogP contribution >= 0.6 is 38.9 Å². The summed E-state index contributed by atoms with van der Waals surface area (Å²) < 4.78 is 0.911. The summed E-state index contributed by atoms with van der Waals surface area (Å²) in [4.78, 5) is 0.972. The number of rotatable bonds is 6. The Bertz CT molecular complexity index is 307. The first-order valence-corrected chi connectivity index (χ1v) is 7.71. The minimum Gasteiger partial charge on any atom is -0.387 e. The van der Waals surface area contributed by atoms with Gasteiger partial charge in [-0.3, -0.25) is 0 Å². The molecule has 0 amide bonds. The molecule has 0 aliphatic rings. The number of aliphatic hydroxyl groups is 1. The van der Waals surface area contributed by atoms with Crippen LogP contribution < -0.4 is 0 Å². The normalized spacial score (nSPS) is 15.1. The Morgan fingerprint density at radius 1 is 1.50 bits per heavy atom. The Morgan fingerprint density at radius 3 is 2.62 bits per heavy atom. The molecule has 4 heteroatoms. The predicted octanol–water partition coefficient (Wildman–Crippen LogP) is 5.41. The van der Waals surface area contributed by atoms with Crippen LogP contribution in [-0.2, 0) is 0 Å². The Labute approximate surface area is 115 Å². The molecule has 0 radical (unpaired) electrons. The monoisotopic (exact) mass is 324 g/mol. The maximum Gasteiger partial charge on any atom is 0.0910 e. The molecule has 1 rings (SSSR count). The fraction of sp³-hybridized carbons (Fsp3) is 0.667. The molecule has 0 fully saturated rings. The highest BCUT2D eigenvalue weighted by atomic mass is 79.9. The molecular formula is C12H18BrClOS. The lowest BCUT2D eigenvalue weighted by Gasteiger charge is -2.20. The number of hydrogen-bond donors (Lipinski definition) is 1. The second-order valence-electron chi connectivity index (χ2n) is 4.03. The van der Waals surface area contributed by atoms with E-state index in [0.29, 0.717) is 10.9 Å². The number of halogens is 2. The van der Waals surface area contributed by atoms with E-state index in [9.17, 15) is 5.11 Å². The fourth-order valence-electron chi connectivity index (χ4n) is 1.79. The second-order valence-corrected chi connectivity index (χ2v) is 6.83. The van der Waals surface area contributed by atoms with Crippen LogP contribution in [0.5, 0.6) is 0 Å². The van der Waals surface area contributed by atoms with Crippen LogP contribution in [0, 0.1) is 5.92 Å². The van der Waals surface area contributed by atoms with E-state index >= 15 is 0 Å². The molecule has 0 aromatic carbocycles. The summed E-state index contributed by atoms with van der Waals surface area (Å²) in [5.74, 6) is 0.349. The third kappa shape index (κ3) is 3.73. The maximum absolute atomic E-state index is 10.3. The predicted molar refractivity (Wildman–Crippen MR) is 75.3 cm³/mol. The smallest absolute Gasteiger partial charge is 0.0910 e. The lowest BCUT2D eigenvalue weighted by molar-refractivity contribution is 0.102. The standard InChI is InChI=1S/C12H18BrClOS/c1-3-5-6-8(4-2)11(15)10-7-9(14)12(13)16-10/h7-8,11,15H,3-6H2,1-2H3. The van der Waals surface area contributed by atoms with Crippen LogP contribution in [-0.4, -0.2) is 5.11 Å². The first kappa shape index (κ1) is 14.5. The van der Waals surface area contributed by atoms with Crippen molar-refractivity contribution in [1.29, 1.82) is 0 Å². The van der Waals surface area contributed by atoms with Crippen molar-refractivity contribution in [3.63, 3.8) is 0 Å². The van der Waals surface area contributed by atoms with Gasteiger partial charge in [0.05, 0.1) is 14.9 Å². The highest BCUT2D eigenvalue weighted by Crippen LogP contribution is 2.39. The van der Waals surface area contributed by atoms with Gasteiger partial charge >= 0.3 is 0 Å². The number of hydrogen-bond acceptors (Lipinski definition) is 2. The molecular weight excluding hydrogens is 308 g/mol. The van der Waals surface area contributed by atoms with Gasteiger partial charge in [0.2, 0.25) is 0 Å². The first-order valence-electron chi connectivity index (χ1n) is 5.72. The van der Waals surface area contributed by atoms with Crippen LogP contribution in [0.3, 0.4) is 0 Å². The molecule has 0 aliphatic carbocycles. The van der Waals surface area contributed by atoms with Crippen molar-refractivity contribution >= 4 is 38.9 Å². The summed E-state index contributed by atoms with van der Waals surface area (Å²) in [7, 11) is 0. The molecule has 1 heterocycles. The zero-order valence-electron chi connectivity index (χ0n) is 9.67. The van der Waals surface area contributed by atoms with Gasteiger partial charge in [-0.15, -0.1) is 11.3 Å². The lowest BCUT2D eigenvalue weighted by atomic mass is 9.92. The molecule has 0 aliphatic heterocycles. The average Bonchev–Trinajstić information content (AvgIpc) is 2.60. The molecule has 2 atom stereocenters. The Balaban J connectivity index is 2.70. The van der Waals surface area contributed by atoms with Gasteiger partial charge in [-0.05, 0) is 34.3 Å². The van der Waals surface area contributed by atoms with E-state index in [-0.39, 0.29) is 6.10 Å². The third-order valence-corrected chi connectivity index (χ3v) is 5.40. The molecule has 0 bridgehead atoms. The van der Waals surface area contributed by atoms with Crippen molar-refractivity contribution in [3.8, 4) is 0 Å². The van der Waals surface area contributed by atoms with Gasteiger partial charge in [0, 0.05) is 4.88 Å². The van der Waals surface area contributed by atoms with Crippen LogP contribution in [0.15, 0.2) is 9.85 Å². The van der Waals surface area contributed by atoms with Gasteiger partial charge in [0.15, 0.2) is 0 Å². The van der Waals surface area contributed by atoms with E-state index in [1.165, 1.54) is 24.2 Å². The summed E-state index contributed by atoms with van der Waals surface area (Å²) in [6.45, 7) is 4.31. The third-order valence-electron chi connectivity index (χ3n) is 2.86. The molecule has 0 saturated carbocycles. The highest BCUT2D eigenvalue weighted by molar-refractivity contribution is 9.11. The largest absolute Gasteiger partial charge is 0.387 e. The average molecular weight is 326 g/mol. The van der Waals surface area contributed by atoms with E-state index in [1.807, 2.05) is 6.07 Å². The Morgan fingerprint density at radius 2 is 2.19 bits per heavy atom. The van der Waals surface area contributed by atoms with E-state index in [0.717, 1.165) is 21.5 Å². The van der Waals surface area contributed by atoms with Gasteiger partial charge in [-0.1, -0.05) is 44.7 Å². The second kappa shape index (κ2) is 7.00. The van der Waals surface area contributed by atoms with Crippen LogP contribution in [0.4, 0.5) is 0 Å². The molecule has 1 N–H and O–H groups in total. The van der Waals surface area contributed by atoms with Crippen molar-refractivity contribution in [1.82, 2.24) is 0 Å². The quantitative estimate of drug-likeness (QED) is 0.741. The molecule has 1 aromatic heterocycles. The summed E-state index contributed by atoms with van der Waals surface area (Å²) in [6.07, 6.45) is 4.08. The number of thiophene rings is 1. The van der Waals surface area contributed by atoms with Crippen molar-refractivity contribution in [2.75, 3.05) is 0 Å². The topological polar surface area (TPSA) is 20.2 Å². The first-order chi connectivity index (χ1) is 7.60. The summed E-state index contributed by atoms with van der Waals surface area (Å²) in [5.41, 5.74) is 0. The zero-order valence-corrected chi connectivity index (χ0v) is 12.8. The van der Waals surface area contributed by atoms with Gasteiger partial charge in [0.25, 0.3) is 0 Å². The summed E-state index contributed by atoms with van der Waals surface area (Å²) >= 11 is 10.9. The summed E-state index contributed by atoms with van der Waals surface area (Å²) in [5, 5.41) is 11.0. The molecule has 92 valence electrons. The molecule has 16 heavy (non-hydrogen) atoms. The number of unbranched alkanes of at least 4 members (excludes halogenated alkanes) is 1. The fourth-order valence-corrected chi connectivity index (χ4v) is 3.62. The maximum atomic E-state index is 10.3. The van der Waals surface area contributed by atoms with E-state index in [4.69, 9.17) is 11.6 Å². The molecule has 2 unspecified atom stereocenters. The summed E-state index contributed by atoms with van der Waals surface area (Å²) in [6, 6.07) is 1.87. The Kier molecular flexibility index (Phi) is 6.34. The van der Waals surface area contributed by atoms with E-state index < -0.39 is 0 Å². The van der Waals surface area contributed by atoms with E-state index in [2.05, 4.69) is 29.8 Å². The minimum atomic E-state index is -0.370. The molecule has 0 saturated heterocycles. The number of aliphatic hydroxyl groups excluding tert-OH is 1. The van der Waals surface area contributed by atoms with Crippen LogP contribution in [0.1, 0.15) is 50.5 Å². The minimum absolute atomic E-state index is 0.349. The zero-order chi connectivity index (χ0) is 12.1. The van der Waals surface area contributed by atoms with Gasteiger partial charge in [-0.2, -0.15) is 0 Å². The van der Waals surface area contributed by atoms with Crippen LogP contribution in [0.2, 0.25) is 5.02 Å². The van der Waals surface area contributed by atoms with Crippen molar-refractivity contribution < 1.29 is 5.11 Å². The lowest BCUT2D eigenvalue weighted by Crippen LogP contribution is -2.10. The van der Waals surface area contributed by atoms with Gasteiger partial charge < -0.3 is 5.11 Å². The molecule has 1 aromatic rings. The van der Waals surface area contributed by atoms with Gasteiger partial charge in [-0.25, -0.2) is 0 Å². The van der Waals surface area contributed by atoms with Crippen molar-refractivity contribution in [2.45, 2.75) is 45.6 Å². The van der Waals surface area contributed by atoms with E-state index in [1.54, 1.807) is 0 Å². The van der Waals surface area contributed by atoms with Crippen molar-refractivity contribution in [3.05, 3.63) is 19.8 Å². The molecule has 1 nitrogen and oxygen atoms in total. The highest BCUT2D eigenvalue weighted by Gasteiger charge is 2.21. The van der Waals surface area contributed by atoms with Crippen LogP contribution in [0.25, 0.3) is 0 Å².